The molecular formula is C60H88ClN9O18S. The van der Waals surface area contributed by atoms with Crippen molar-refractivity contribution in [2.24, 2.45) is 23.5 Å². The molecule has 0 radical (unpaired) electrons. The molecule has 89 heavy (non-hydrogen) atoms. The van der Waals surface area contributed by atoms with Gasteiger partial charge < -0.3 is 76.0 Å². The number of nitrogens with two attached hydrogens (primary N) is 1. The number of epoxide rings is 1. The number of anilines is 1. The number of carboxylic acid groups (broad SMARTS) is 1. The van der Waals surface area contributed by atoms with E-state index in [1.54, 1.807) is 38.1 Å². The minimum absolute atomic E-state index is 0.0166. The number of ketones is 1. The summed E-state index contributed by atoms with van der Waals surface area (Å²) in [6, 6.07) is 1.48. The Labute approximate surface area is 527 Å². The molecule has 2 unspecified atom stereocenters. The van der Waals surface area contributed by atoms with Gasteiger partial charge in [0.1, 0.15) is 40.7 Å². The molecule has 8 amide bonds. The number of carboxylic acids is 1. The van der Waals surface area contributed by atoms with Crippen molar-refractivity contribution in [2.75, 3.05) is 71.7 Å². The summed E-state index contributed by atoms with van der Waals surface area (Å²) in [7, 11) is 5.76. The molecule has 10 N–H and O–H groups in total. The Hall–Kier alpha value is -6.85. The number of alkyl carbamates (subject to hydrolysis) is 1. The number of carbonyl (C=O) groups is 11. The summed E-state index contributed by atoms with van der Waals surface area (Å²) in [4.78, 5) is 144. The number of likely N-dealkylation sites (N-methyl/N-ethyl adjacent to an activating group) is 1. The number of hydrogen-bond donors (Lipinski definition) is 9. The van der Waals surface area contributed by atoms with Gasteiger partial charge in [0.2, 0.25) is 41.4 Å². The number of hydrogen-bond acceptors (Lipinski definition) is 19. The number of esters is 1. The lowest BCUT2D eigenvalue weighted by molar-refractivity contribution is -0.162. The normalized spacial score (nSPS) is 26.3. The molecule has 3 fully saturated rings. The molecule has 3 heterocycles. The molecule has 4 bridgehead atoms. The summed E-state index contributed by atoms with van der Waals surface area (Å²) in [5, 5.41) is 36.2. The topological polar surface area (TPSA) is 382 Å². The van der Waals surface area contributed by atoms with Gasteiger partial charge >= 0.3 is 18.0 Å². The number of amides is 8. The number of rotatable bonds is 27. The fourth-order valence-electron chi connectivity index (χ4n) is 11.0. The van der Waals surface area contributed by atoms with Gasteiger partial charge in [0.25, 0.3) is 0 Å². The number of nitrogens with zero attached hydrogens (tertiary/aromatic N) is 2. The Kier molecular flexibility index (Phi) is 27.7. The van der Waals surface area contributed by atoms with E-state index in [-0.39, 0.29) is 66.8 Å². The van der Waals surface area contributed by atoms with Gasteiger partial charge in [0.15, 0.2) is 11.5 Å². The van der Waals surface area contributed by atoms with Crippen LogP contribution in [0.5, 0.6) is 5.75 Å². The lowest BCUT2D eigenvalue weighted by Gasteiger charge is -2.42. The van der Waals surface area contributed by atoms with Crippen LogP contribution in [-0.4, -0.2) is 200 Å². The average molecular weight is 1290 g/mol. The molecule has 3 aliphatic heterocycles. The molecule has 2 saturated heterocycles. The van der Waals surface area contributed by atoms with Gasteiger partial charge in [-0.05, 0) is 103 Å². The molecule has 0 spiro atoms. The Morgan fingerprint density at radius 2 is 1.67 bits per heavy atom. The van der Waals surface area contributed by atoms with E-state index in [9.17, 15) is 63.0 Å². The number of thioether (sulfide) groups is 1. The van der Waals surface area contributed by atoms with Crippen LogP contribution in [0.15, 0.2) is 35.9 Å². The number of aliphatic carboxylic acids is 1. The van der Waals surface area contributed by atoms with Crippen LogP contribution in [0.2, 0.25) is 5.02 Å². The van der Waals surface area contributed by atoms with Crippen LogP contribution in [0, 0.1) is 17.8 Å². The lowest BCUT2D eigenvalue weighted by Crippen LogP contribution is -2.63. The van der Waals surface area contributed by atoms with Gasteiger partial charge in [0, 0.05) is 64.7 Å². The third-order valence-corrected chi connectivity index (χ3v) is 18.3. The molecule has 494 valence electrons. The minimum Gasteiger partial charge on any atom is -0.495 e. The number of methoxy groups -OCH3 is 2. The van der Waals surface area contributed by atoms with E-state index in [1.807, 2.05) is 13.0 Å². The second kappa shape index (κ2) is 33.8. The summed E-state index contributed by atoms with van der Waals surface area (Å²) in [6.07, 6.45) is 3.07. The van der Waals surface area contributed by atoms with E-state index in [0.717, 1.165) is 27.8 Å². The molecule has 0 aromatic heterocycles. The summed E-state index contributed by atoms with van der Waals surface area (Å²) in [5.74, 6) is -6.32. The molecule has 29 heteroatoms. The number of aliphatic hydroxyl groups is 1. The molecule has 1 saturated carbocycles. The van der Waals surface area contributed by atoms with Crippen LogP contribution >= 0.6 is 23.4 Å². The van der Waals surface area contributed by atoms with Crippen LogP contribution in [0.25, 0.3) is 0 Å². The maximum atomic E-state index is 14.4. The van der Waals surface area contributed by atoms with Crippen LogP contribution in [0.3, 0.4) is 0 Å². The summed E-state index contributed by atoms with van der Waals surface area (Å²) >= 11 is 7.81. The second-order valence-electron chi connectivity index (χ2n) is 23.3. The zero-order valence-corrected chi connectivity index (χ0v) is 53.6. The van der Waals surface area contributed by atoms with E-state index >= 15 is 0 Å². The van der Waals surface area contributed by atoms with Crippen molar-refractivity contribution in [2.45, 2.75) is 165 Å². The molecular weight excluding hydrogens is 1200 g/mol. The average Bonchev–Trinajstić information content (AvgIpc) is 1.72. The van der Waals surface area contributed by atoms with E-state index in [2.05, 4.69) is 31.9 Å². The highest BCUT2D eigenvalue weighted by atomic mass is 35.5. The quantitative estimate of drug-likeness (QED) is 0.0345. The van der Waals surface area contributed by atoms with Crippen LogP contribution in [0.1, 0.15) is 111 Å². The maximum Gasteiger partial charge on any atom is 0.409 e. The largest absolute Gasteiger partial charge is 0.495 e. The number of unbranched alkanes of at least 4 members (excludes halogenated alkanes) is 1. The van der Waals surface area contributed by atoms with Crippen molar-refractivity contribution in [3.05, 3.63) is 46.5 Å². The number of halogens is 1. The number of ether oxygens (including phenoxy) is 5. The second-order valence-corrected chi connectivity index (χ2v) is 25.0. The van der Waals surface area contributed by atoms with Crippen molar-refractivity contribution in [3.8, 4) is 5.75 Å². The smallest absolute Gasteiger partial charge is 0.409 e. The highest BCUT2D eigenvalue weighted by molar-refractivity contribution is 8.00. The molecule has 1 aromatic carbocycles. The number of fused-ring (bicyclic) bond motifs is 5. The lowest BCUT2D eigenvalue weighted by atomic mass is 9.81. The molecule has 10 atom stereocenters. The number of Topliss-reactive ketones (excluding diaryl/α,β-unsaturated/α-hetero) is 1. The van der Waals surface area contributed by atoms with Gasteiger partial charge in [0.05, 0.1) is 62.7 Å². The molecule has 1 aliphatic carbocycles. The first kappa shape index (κ1) is 72.9. The first-order chi connectivity index (χ1) is 42.0. The zero-order valence-electron chi connectivity index (χ0n) is 52.1. The van der Waals surface area contributed by atoms with Crippen LogP contribution in [0.4, 0.5) is 10.5 Å². The first-order valence-corrected chi connectivity index (χ1v) is 31.2. The van der Waals surface area contributed by atoms with E-state index in [0.29, 0.717) is 69.3 Å². The Morgan fingerprint density at radius 3 is 2.33 bits per heavy atom. The Morgan fingerprint density at radius 1 is 0.989 bits per heavy atom. The molecule has 5 rings (SSSR count). The molecule has 4 aliphatic rings. The standard InChI is InChI=1S/C60H88ClN9O18S/c1-33-13-12-15-45(85-9)60(83)28-43(86-58(82)68-60)34(2)54-59(5,88-54)46(27-51(76)70(7)41-24-38(23-33)25-42(84-8)53(41)61)87-57(81)35(3)69(6)50(75)20-22-89-44(26-52(77)78)56(80)66-30-37-16-18-39(19-17-37)55(79)63-21-11-10-14-40(36(4)71)67-49(74)32-65-48(73)31-64-47(72)29-62/h12-13,15,24-25,34-35,37,39-40,43-46,54,83H,10-11,14,16-23,26-32,62H2,1-9H3,(H,63,79)(H,64,72)(H,65,73)(H,66,80)(H,67,74)(H,68,82)(H,77,78)/b15-12+,33-13+/t34-,35+,37?,39?,40?,43?,44-,45-,46+,54+,59+,60+/m1/s1. The van der Waals surface area contributed by atoms with Crippen molar-refractivity contribution < 1.29 is 86.6 Å². The van der Waals surface area contributed by atoms with Gasteiger partial charge in [-0.2, -0.15) is 0 Å². The predicted octanol–water partition coefficient (Wildman–Crippen LogP) is 1.96. The highest BCUT2D eigenvalue weighted by Gasteiger charge is 2.64. The predicted molar refractivity (Wildman–Crippen MR) is 327 cm³/mol. The highest BCUT2D eigenvalue weighted by Crippen LogP contribution is 2.49. The van der Waals surface area contributed by atoms with E-state index in [1.165, 1.54) is 47.1 Å². The Bertz CT molecular complexity index is 2820. The number of carbonyl (C=O) groups excluding carboxylic acids is 10. The van der Waals surface area contributed by atoms with Gasteiger partial charge in [-0.1, -0.05) is 42.3 Å². The Balaban J connectivity index is 1.12. The van der Waals surface area contributed by atoms with Crippen molar-refractivity contribution >= 4 is 94.2 Å². The number of allylic oxidation sites excluding steroid dienone is 3. The van der Waals surface area contributed by atoms with Crippen LogP contribution < -0.4 is 47.3 Å². The van der Waals surface area contributed by atoms with Crippen molar-refractivity contribution in [1.82, 2.24) is 36.8 Å². The van der Waals surface area contributed by atoms with E-state index in [4.69, 9.17) is 41.0 Å². The third-order valence-electron chi connectivity index (χ3n) is 16.7. The number of nitrogens with one attached hydrogen (secondary N) is 6. The third kappa shape index (κ3) is 21.1. The summed E-state index contributed by atoms with van der Waals surface area (Å²) in [5.41, 5.74) is 3.84. The summed E-state index contributed by atoms with van der Waals surface area (Å²) < 4.78 is 29.4. The van der Waals surface area contributed by atoms with Crippen molar-refractivity contribution in [1.29, 1.82) is 0 Å². The van der Waals surface area contributed by atoms with Crippen LogP contribution in [-0.2, 0) is 73.3 Å². The van der Waals surface area contributed by atoms with Gasteiger partial charge in [-0.15, -0.1) is 11.8 Å². The summed E-state index contributed by atoms with van der Waals surface area (Å²) in [6.45, 7) is 7.63. The molecule has 27 nitrogen and oxygen atoms in total. The SMILES string of the molecule is COc1cc2cc(c1Cl)N(C)C(=O)C[C@H](OC(=O)[C@H](C)N(C)C(=O)CCS[C@H](CC(=O)O)C(=O)NCC1CCC(C(=O)NCCCCC(NC(=O)CNC(=O)CNC(=O)CN)C(C)=O)CC1)[C@]1(C)O[C@H]1[C@H](C)C1C[C@@](O)(NC(=O)O1)[C@H](OC)/C=C/C=C(\C)C2. The monoisotopic (exact) mass is 1290 g/mol. The maximum absolute atomic E-state index is 14.4. The van der Waals surface area contributed by atoms with E-state index < -0.39 is 132 Å². The minimum atomic E-state index is -1.91. The zero-order chi connectivity index (χ0) is 65.9. The number of benzene rings is 1. The van der Waals surface area contributed by atoms with Gasteiger partial charge in [-0.3, -0.25) is 48.5 Å². The van der Waals surface area contributed by atoms with Crippen molar-refractivity contribution in [3.63, 3.8) is 0 Å². The van der Waals surface area contributed by atoms with Gasteiger partial charge in [-0.25, -0.2) is 9.59 Å². The fourth-order valence-corrected chi connectivity index (χ4v) is 12.4. The molecule has 1 aromatic rings. The fraction of sp³-hybridized carbons (Fsp3) is 0.650. The first-order valence-electron chi connectivity index (χ1n) is 29.8.